The third kappa shape index (κ3) is 2.40. The lowest BCUT2D eigenvalue weighted by Crippen LogP contribution is -2.51. The second-order valence-corrected chi connectivity index (χ2v) is 8.53. The minimum absolute atomic E-state index is 0.264. The van der Waals surface area contributed by atoms with Crippen LogP contribution in [0.1, 0.15) is 33.1 Å². The van der Waals surface area contributed by atoms with E-state index in [1.54, 1.807) is 4.90 Å². The van der Waals surface area contributed by atoms with Gasteiger partial charge < -0.3 is 10.2 Å². The van der Waals surface area contributed by atoms with Crippen LogP contribution in [-0.2, 0) is 14.6 Å². The Kier molecular flexibility index (Phi) is 3.44. The van der Waals surface area contributed by atoms with Crippen molar-refractivity contribution in [1.29, 1.82) is 0 Å². The highest BCUT2D eigenvalue weighted by atomic mass is 32.2. The molecule has 0 aliphatic carbocycles. The maximum absolute atomic E-state index is 12.4. The fourth-order valence-corrected chi connectivity index (χ4v) is 3.11. The molecule has 0 radical (unpaired) electrons. The number of likely N-dealkylation sites (tertiary alicyclic amines) is 1. The van der Waals surface area contributed by atoms with Gasteiger partial charge in [-0.15, -0.1) is 0 Å². The van der Waals surface area contributed by atoms with Crippen LogP contribution in [0.3, 0.4) is 0 Å². The van der Waals surface area contributed by atoms with Crippen molar-refractivity contribution in [3.05, 3.63) is 0 Å². The first-order valence-electron chi connectivity index (χ1n) is 6.47. The van der Waals surface area contributed by atoms with E-state index in [1.165, 1.54) is 20.3 Å². The summed E-state index contributed by atoms with van der Waals surface area (Å²) in [5.41, 5.74) is 0. The zero-order valence-electron chi connectivity index (χ0n) is 11.3. The molecule has 6 heteroatoms. The highest BCUT2D eigenvalue weighted by molar-refractivity contribution is 7.92. The summed E-state index contributed by atoms with van der Waals surface area (Å²) in [5, 5.41) is 3.48. The monoisotopic (exact) mass is 274 g/mol. The van der Waals surface area contributed by atoms with Crippen molar-refractivity contribution in [2.45, 2.75) is 49.9 Å². The van der Waals surface area contributed by atoms with Crippen LogP contribution in [0.25, 0.3) is 0 Å². The number of fused-ring (bicyclic) bond motifs is 2. The van der Waals surface area contributed by atoms with Gasteiger partial charge in [-0.25, -0.2) is 8.42 Å². The first-order valence-corrected chi connectivity index (χ1v) is 8.36. The van der Waals surface area contributed by atoms with E-state index in [0.717, 1.165) is 19.1 Å². The molecule has 5 nitrogen and oxygen atoms in total. The van der Waals surface area contributed by atoms with Crippen LogP contribution in [0.2, 0.25) is 0 Å². The predicted molar refractivity (Wildman–Crippen MR) is 70.1 cm³/mol. The Morgan fingerprint density at radius 1 is 1.22 bits per heavy atom. The largest absolute Gasteiger partial charge is 0.340 e. The minimum atomic E-state index is -3.39. The van der Waals surface area contributed by atoms with E-state index in [0.29, 0.717) is 25.2 Å². The molecule has 0 aromatic heterocycles. The maximum atomic E-state index is 12.4. The Balaban J connectivity index is 2.14. The molecule has 2 fully saturated rings. The Hall–Kier alpha value is -0.620. The van der Waals surface area contributed by atoms with Crippen molar-refractivity contribution in [3.8, 4) is 0 Å². The quantitative estimate of drug-likeness (QED) is 0.779. The molecule has 2 unspecified atom stereocenters. The molecular formula is C12H22N2O3S. The van der Waals surface area contributed by atoms with Gasteiger partial charge in [-0.2, -0.15) is 0 Å². The van der Waals surface area contributed by atoms with Gasteiger partial charge in [0.15, 0.2) is 9.84 Å². The molecule has 2 atom stereocenters. The number of hydrogen-bond acceptors (Lipinski definition) is 4. The Labute approximate surface area is 109 Å². The van der Waals surface area contributed by atoms with E-state index < -0.39 is 14.6 Å². The van der Waals surface area contributed by atoms with Gasteiger partial charge in [0.2, 0.25) is 5.91 Å². The number of nitrogens with zero attached hydrogens (tertiary/aromatic N) is 1. The molecule has 2 rings (SSSR count). The number of sulfone groups is 1. The van der Waals surface area contributed by atoms with Crippen molar-refractivity contribution in [2.24, 2.45) is 0 Å². The molecule has 104 valence electrons. The van der Waals surface area contributed by atoms with Gasteiger partial charge in [0.1, 0.15) is 4.75 Å². The van der Waals surface area contributed by atoms with Gasteiger partial charge in [-0.05, 0) is 33.1 Å². The van der Waals surface area contributed by atoms with E-state index in [1.807, 2.05) is 0 Å². The standard InChI is InChI=1S/C12H22N2O3S/c1-12(2,18(3,16)17)11(15)14-7-6-9-4-5-10(8-14)13-9/h9-10,13H,4-8H2,1-3H3. The third-order valence-electron chi connectivity index (χ3n) is 4.25. The molecule has 1 N–H and O–H groups in total. The molecule has 0 aromatic rings. The first kappa shape index (κ1) is 13.8. The fourth-order valence-electron chi connectivity index (χ4n) is 2.67. The van der Waals surface area contributed by atoms with Gasteiger partial charge in [0, 0.05) is 31.4 Å². The van der Waals surface area contributed by atoms with Crippen molar-refractivity contribution in [1.82, 2.24) is 10.2 Å². The summed E-state index contributed by atoms with van der Waals surface area (Å²) in [4.78, 5) is 14.1. The molecular weight excluding hydrogens is 252 g/mol. The lowest BCUT2D eigenvalue weighted by molar-refractivity contribution is -0.133. The topological polar surface area (TPSA) is 66.5 Å². The summed E-state index contributed by atoms with van der Waals surface area (Å²) in [5.74, 6) is -0.264. The zero-order valence-corrected chi connectivity index (χ0v) is 12.1. The molecule has 1 amide bonds. The van der Waals surface area contributed by atoms with Gasteiger partial charge in [0.25, 0.3) is 0 Å². The lowest BCUT2D eigenvalue weighted by Gasteiger charge is -2.31. The predicted octanol–water partition coefficient (Wildman–Crippen LogP) is 0.163. The fraction of sp³-hybridized carbons (Fsp3) is 0.917. The van der Waals surface area contributed by atoms with Gasteiger partial charge >= 0.3 is 0 Å². The second-order valence-electron chi connectivity index (χ2n) is 5.96. The minimum Gasteiger partial charge on any atom is -0.340 e. The van der Waals surface area contributed by atoms with Crippen molar-refractivity contribution < 1.29 is 13.2 Å². The van der Waals surface area contributed by atoms with Crippen LogP contribution in [0.4, 0.5) is 0 Å². The molecule has 0 saturated carbocycles. The zero-order chi connectivity index (χ0) is 13.6. The van der Waals surface area contributed by atoms with Gasteiger partial charge in [-0.1, -0.05) is 0 Å². The van der Waals surface area contributed by atoms with Crippen molar-refractivity contribution in [2.75, 3.05) is 19.3 Å². The number of carbonyl (C=O) groups excluding carboxylic acids is 1. The van der Waals surface area contributed by atoms with Gasteiger partial charge in [0.05, 0.1) is 0 Å². The molecule has 2 bridgehead atoms. The number of hydrogen-bond donors (Lipinski definition) is 1. The van der Waals surface area contributed by atoms with Crippen LogP contribution < -0.4 is 5.32 Å². The molecule has 2 saturated heterocycles. The normalized spacial score (nSPS) is 29.2. The van der Waals surface area contributed by atoms with Crippen LogP contribution in [0.15, 0.2) is 0 Å². The number of nitrogens with one attached hydrogen (secondary N) is 1. The van der Waals surface area contributed by atoms with Crippen LogP contribution >= 0.6 is 0 Å². The molecule has 2 aliphatic heterocycles. The average molecular weight is 274 g/mol. The van der Waals surface area contributed by atoms with E-state index in [2.05, 4.69) is 5.32 Å². The second kappa shape index (κ2) is 4.49. The summed E-state index contributed by atoms with van der Waals surface area (Å²) in [6.07, 6.45) is 4.30. The smallest absolute Gasteiger partial charge is 0.243 e. The highest BCUT2D eigenvalue weighted by Crippen LogP contribution is 2.24. The first-order chi connectivity index (χ1) is 8.22. The Bertz CT molecular complexity index is 444. The molecule has 0 aromatic carbocycles. The summed E-state index contributed by atoms with van der Waals surface area (Å²) in [7, 11) is -3.39. The summed E-state index contributed by atoms with van der Waals surface area (Å²) >= 11 is 0. The molecule has 2 heterocycles. The Morgan fingerprint density at radius 2 is 1.83 bits per heavy atom. The van der Waals surface area contributed by atoms with Crippen molar-refractivity contribution >= 4 is 15.7 Å². The highest BCUT2D eigenvalue weighted by Gasteiger charge is 2.43. The van der Waals surface area contributed by atoms with Gasteiger partial charge in [-0.3, -0.25) is 4.79 Å². The summed E-state index contributed by atoms with van der Waals surface area (Å²) in [6.45, 7) is 4.29. The third-order valence-corrected chi connectivity index (χ3v) is 6.28. The number of carbonyl (C=O) groups is 1. The molecule has 2 aliphatic rings. The molecule has 18 heavy (non-hydrogen) atoms. The van der Waals surface area contributed by atoms with E-state index >= 15 is 0 Å². The van der Waals surface area contributed by atoms with E-state index in [4.69, 9.17) is 0 Å². The van der Waals surface area contributed by atoms with Crippen LogP contribution in [0.5, 0.6) is 0 Å². The maximum Gasteiger partial charge on any atom is 0.243 e. The van der Waals surface area contributed by atoms with Crippen LogP contribution in [-0.4, -0.2) is 55.4 Å². The lowest BCUT2D eigenvalue weighted by atomic mass is 10.1. The van der Waals surface area contributed by atoms with Crippen molar-refractivity contribution in [3.63, 3.8) is 0 Å². The molecule has 0 spiro atoms. The SMILES string of the molecule is CC(C)(C(=O)N1CCC2CCC(C1)N2)S(C)(=O)=O. The average Bonchev–Trinajstić information content (AvgIpc) is 2.56. The van der Waals surface area contributed by atoms with E-state index in [9.17, 15) is 13.2 Å². The number of rotatable bonds is 2. The Morgan fingerprint density at radius 3 is 2.44 bits per heavy atom. The van der Waals surface area contributed by atoms with Crippen LogP contribution in [0, 0.1) is 0 Å². The van der Waals surface area contributed by atoms with E-state index in [-0.39, 0.29) is 5.91 Å². The summed E-state index contributed by atoms with van der Waals surface area (Å²) < 4.78 is 22.1. The number of amides is 1. The summed E-state index contributed by atoms with van der Waals surface area (Å²) in [6, 6.07) is 0.825.